The summed E-state index contributed by atoms with van der Waals surface area (Å²) in [5.74, 6) is 6.52. The summed E-state index contributed by atoms with van der Waals surface area (Å²) >= 11 is 0. The molecule has 0 unspecified atom stereocenters. The lowest BCUT2D eigenvalue weighted by atomic mass is 9.47. The number of hydrogen-bond donors (Lipinski definition) is 0. The summed E-state index contributed by atoms with van der Waals surface area (Å²) in [6, 6.07) is 16.5. The lowest BCUT2D eigenvalue weighted by Gasteiger charge is -2.58. The molecule has 0 aromatic heterocycles. The highest BCUT2D eigenvalue weighted by molar-refractivity contribution is 5.86. The minimum Gasteiger partial charge on any atom is -0.494 e. The minimum absolute atomic E-state index is 0.0108. The number of ether oxygens (including phenoxy) is 4. The van der Waals surface area contributed by atoms with Crippen LogP contribution in [0.15, 0.2) is 72.3 Å². The Morgan fingerprint density at radius 3 is 1.94 bits per heavy atom. The Hall–Kier alpha value is -3.54. The van der Waals surface area contributed by atoms with Gasteiger partial charge < -0.3 is 18.9 Å². The smallest absolute Gasteiger partial charge is 0.333 e. The molecule has 0 saturated heterocycles. The Kier molecular flexibility index (Phi) is 17.7. The fourth-order valence-corrected chi connectivity index (χ4v) is 12.4. The Balaban J connectivity index is 0.819. The number of allylic oxidation sites excluding steroid dienone is 1. The summed E-state index contributed by atoms with van der Waals surface area (Å²) in [6.07, 6.45) is 25.2. The summed E-state index contributed by atoms with van der Waals surface area (Å²) in [6.45, 7) is 19.6. The van der Waals surface area contributed by atoms with Gasteiger partial charge in [0.15, 0.2) is 0 Å². The van der Waals surface area contributed by atoms with E-state index in [2.05, 4.69) is 71.5 Å². The zero-order valence-corrected chi connectivity index (χ0v) is 39.7. The van der Waals surface area contributed by atoms with Crippen LogP contribution in [0.2, 0.25) is 0 Å². The van der Waals surface area contributed by atoms with E-state index in [1.807, 2.05) is 24.3 Å². The summed E-state index contributed by atoms with van der Waals surface area (Å²) in [4.78, 5) is 24.4. The molecular formula is C56H82O6. The van der Waals surface area contributed by atoms with E-state index in [-0.39, 0.29) is 23.5 Å². The summed E-state index contributed by atoms with van der Waals surface area (Å²) in [7, 11) is 0. The van der Waals surface area contributed by atoms with Gasteiger partial charge in [-0.1, -0.05) is 109 Å². The number of rotatable bonds is 24. The molecule has 0 spiro atoms. The maximum Gasteiger partial charge on any atom is 0.333 e. The van der Waals surface area contributed by atoms with Gasteiger partial charge in [-0.3, -0.25) is 4.79 Å². The molecule has 6 rings (SSSR count). The Bertz CT molecular complexity index is 1760. The highest BCUT2D eigenvalue weighted by atomic mass is 16.5. The highest BCUT2D eigenvalue weighted by Gasteiger charge is 2.59. The molecule has 62 heavy (non-hydrogen) atoms. The van der Waals surface area contributed by atoms with Crippen molar-refractivity contribution in [2.24, 2.45) is 46.3 Å². The van der Waals surface area contributed by atoms with E-state index >= 15 is 0 Å². The molecule has 0 N–H and O–H groups in total. The Morgan fingerprint density at radius 1 is 0.710 bits per heavy atom. The van der Waals surface area contributed by atoms with Gasteiger partial charge in [0.2, 0.25) is 0 Å². The molecule has 0 bridgehead atoms. The summed E-state index contributed by atoms with van der Waals surface area (Å²) < 4.78 is 23.3. The number of hydrogen-bond acceptors (Lipinski definition) is 6. The number of carbonyl (C=O) groups is 2. The standard InChI is InChI=1S/C56H82O6/c1-40(2)17-16-18-42(5)50-30-31-51-49-29-24-45-39-48(32-34-55(45,6)52(49)33-35-56(50,51)7)62-53(57)19-12-8-9-13-36-59-46-25-20-43(21-26-46)44-22-27-47(28-23-44)60-37-14-10-11-15-38-61-54(58)41(3)4/h20-28,40,42,48-52H,3,8-19,29-39H2,1-2,4-7H3/t42-,48+,49+,50-,51+,52+,55+,56-/m1/s1. The molecule has 4 aliphatic carbocycles. The van der Waals surface area contributed by atoms with Crippen LogP contribution in [0.1, 0.15) is 170 Å². The molecule has 0 radical (unpaired) electrons. The van der Waals surface area contributed by atoms with E-state index in [1.165, 1.54) is 57.8 Å². The van der Waals surface area contributed by atoms with Gasteiger partial charge >= 0.3 is 11.9 Å². The van der Waals surface area contributed by atoms with Crippen LogP contribution >= 0.6 is 0 Å². The largest absolute Gasteiger partial charge is 0.494 e. The summed E-state index contributed by atoms with van der Waals surface area (Å²) in [5, 5.41) is 0. The maximum absolute atomic E-state index is 13.0. The van der Waals surface area contributed by atoms with Crippen molar-refractivity contribution in [2.45, 2.75) is 176 Å². The van der Waals surface area contributed by atoms with E-state index in [9.17, 15) is 9.59 Å². The lowest BCUT2D eigenvalue weighted by molar-refractivity contribution is -0.151. The zero-order chi connectivity index (χ0) is 44.1. The molecule has 342 valence electrons. The molecule has 6 nitrogen and oxygen atoms in total. The molecule has 0 heterocycles. The minimum atomic E-state index is -0.313. The highest BCUT2D eigenvalue weighted by Crippen LogP contribution is 2.67. The van der Waals surface area contributed by atoms with Crippen molar-refractivity contribution in [3.63, 3.8) is 0 Å². The fourth-order valence-electron chi connectivity index (χ4n) is 12.4. The van der Waals surface area contributed by atoms with Crippen molar-refractivity contribution in [1.82, 2.24) is 0 Å². The van der Waals surface area contributed by atoms with E-state index in [0.717, 1.165) is 122 Å². The number of carbonyl (C=O) groups excluding carboxylic acids is 2. The topological polar surface area (TPSA) is 71.1 Å². The molecule has 2 aromatic rings. The number of unbranched alkanes of at least 4 members (excludes halogenated alkanes) is 6. The first-order valence-electron chi connectivity index (χ1n) is 25.0. The average molecular weight is 851 g/mol. The Morgan fingerprint density at radius 2 is 1.32 bits per heavy atom. The van der Waals surface area contributed by atoms with Crippen LogP contribution < -0.4 is 9.47 Å². The van der Waals surface area contributed by atoms with Crippen LogP contribution in [0.3, 0.4) is 0 Å². The van der Waals surface area contributed by atoms with Crippen molar-refractivity contribution in [1.29, 1.82) is 0 Å². The average Bonchev–Trinajstić information content (AvgIpc) is 3.62. The van der Waals surface area contributed by atoms with Gasteiger partial charge in [-0.05, 0) is 172 Å². The third kappa shape index (κ3) is 12.6. The van der Waals surface area contributed by atoms with Crippen molar-refractivity contribution < 1.29 is 28.5 Å². The molecule has 3 saturated carbocycles. The molecule has 2 aromatic carbocycles. The van der Waals surface area contributed by atoms with Crippen molar-refractivity contribution >= 4 is 11.9 Å². The van der Waals surface area contributed by atoms with Crippen LogP contribution in [0, 0.1) is 46.3 Å². The summed E-state index contributed by atoms with van der Waals surface area (Å²) in [5.41, 5.74) is 5.14. The van der Waals surface area contributed by atoms with E-state index in [0.29, 0.717) is 37.2 Å². The number of esters is 2. The Labute approximate surface area is 376 Å². The van der Waals surface area contributed by atoms with Crippen LogP contribution in [-0.2, 0) is 19.1 Å². The third-order valence-electron chi connectivity index (χ3n) is 16.0. The van der Waals surface area contributed by atoms with Crippen LogP contribution in [0.4, 0.5) is 0 Å². The van der Waals surface area contributed by atoms with Gasteiger partial charge in [-0.15, -0.1) is 0 Å². The third-order valence-corrected chi connectivity index (χ3v) is 16.0. The van der Waals surface area contributed by atoms with Crippen LogP contribution in [0.25, 0.3) is 11.1 Å². The van der Waals surface area contributed by atoms with Crippen molar-refractivity contribution in [3.05, 3.63) is 72.3 Å². The fraction of sp³-hybridized carbons (Fsp3) is 0.679. The number of benzene rings is 2. The van der Waals surface area contributed by atoms with E-state index < -0.39 is 0 Å². The van der Waals surface area contributed by atoms with Crippen LogP contribution in [-0.4, -0.2) is 37.9 Å². The van der Waals surface area contributed by atoms with E-state index in [1.54, 1.807) is 12.5 Å². The van der Waals surface area contributed by atoms with Gasteiger partial charge in [0.25, 0.3) is 0 Å². The van der Waals surface area contributed by atoms with Crippen LogP contribution in [0.5, 0.6) is 11.5 Å². The predicted octanol–water partition coefficient (Wildman–Crippen LogP) is 14.7. The molecule has 8 atom stereocenters. The normalized spacial score (nSPS) is 27.0. The first-order valence-corrected chi connectivity index (χ1v) is 25.0. The van der Waals surface area contributed by atoms with Crippen molar-refractivity contribution in [2.75, 3.05) is 19.8 Å². The molecule has 6 heteroatoms. The van der Waals surface area contributed by atoms with Gasteiger partial charge in [-0.2, -0.15) is 0 Å². The molecule has 0 amide bonds. The molecular weight excluding hydrogens is 769 g/mol. The predicted molar refractivity (Wildman–Crippen MR) is 253 cm³/mol. The second-order valence-electron chi connectivity index (χ2n) is 20.9. The molecule has 3 fully saturated rings. The second-order valence-corrected chi connectivity index (χ2v) is 20.9. The van der Waals surface area contributed by atoms with Gasteiger partial charge in [-0.25, -0.2) is 4.79 Å². The monoisotopic (exact) mass is 851 g/mol. The SMILES string of the molecule is C=C(C)C(=O)OCCCCCCOc1ccc(-c2ccc(OCCCCCCC(=O)O[C@H]3CC[C@@]4(C)C(=CC[C@H]5[C@@H]6CC[C@H]([C@H](C)CCCC(C)C)[C@@]6(C)CC[C@@H]54)C3)cc2)cc1. The van der Waals surface area contributed by atoms with Gasteiger partial charge in [0, 0.05) is 18.4 Å². The molecule has 0 aliphatic heterocycles. The van der Waals surface area contributed by atoms with E-state index in [4.69, 9.17) is 18.9 Å². The zero-order valence-electron chi connectivity index (χ0n) is 39.7. The van der Waals surface area contributed by atoms with Gasteiger partial charge in [0.05, 0.1) is 19.8 Å². The lowest BCUT2D eigenvalue weighted by Crippen LogP contribution is -2.51. The first kappa shape index (κ1) is 47.9. The second kappa shape index (κ2) is 22.9. The molecule has 4 aliphatic rings. The number of fused-ring (bicyclic) bond motifs is 5. The maximum atomic E-state index is 13.0. The quantitative estimate of drug-likeness (QED) is 0.0453. The van der Waals surface area contributed by atoms with Gasteiger partial charge in [0.1, 0.15) is 17.6 Å². The van der Waals surface area contributed by atoms with Crippen molar-refractivity contribution in [3.8, 4) is 22.6 Å². The first-order chi connectivity index (χ1) is 29.9.